The molecule has 1 aromatic carbocycles. The topological polar surface area (TPSA) is 65.8 Å². The summed E-state index contributed by atoms with van der Waals surface area (Å²) in [7, 11) is 0. The van der Waals surface area contributed by atoms with Crippen LogP contribution >= 0.6 is 15.9 Å². The summed E-state index contributed by atoms with van der Waals surface area (Å²) in [5.74, 6) is -0.298. The van der Waals surface area contributed by atoms with E-state index in [-0.39, 0.29) is 17.3 Å². The Balaban J connectivity index is 2.06. The second kappa shape index (κ2) is 6.12. The van der Waals surface area contributed by atoms with Gasteiger partial charge in [-0.05, 0) is 23.8 Å². The maximum Gasteiger partial charge on any atom is 0.270 e. The van der Waals surface area contributed by atoms with Gasteiger partial charge in [-0.15, -0.1) is 0 Å². The van der Waals surface area contributed by atoms with Gasteiger partial charge in [-0.2, -0.15) is 5.26 Å². The van der Waals surface area contributed by atoms with E-state index >= 15 is 0 Å². The summed E-state index contributed by atoms with van der Waals surface area (Å²) < 4.78 is 0.939. The molecule has 0 aliphatic rings. The summed E-state index contributed by atoms with van der Waals surface area (Å²) >= 11 is 3.42. The molecule has 2 aromatic rings. The van der Waals surface area contributed by atoms with Crippen molar-refractivity contribution in [2.24, 2.45) is 0 Å². The van der Waals surface area contributed by atoms with E-state index in [0.29, 0.717) is 6.54 Å². The van der Waals surface area contributed by atoms with Crippen molar-refractivity contribution in [3.8, 4) is 6.07 Å². The highest BCUT2D eigenvalue weighted by Crippen LogP contribution is 2.15. The molecule has 4 nitrogen and oxygen atoms in total. The lowest BCUT2D eigenvalue weighted by atomic mass is 10.2. The van der Waals surface area contributed by atoms with Gasteiger partial charge in [0.2, 0.25) is 0 Å². The summed E-state index contributed by atoms with van der Waals surface area (Å²) in [6, 6.07) is 14.3. The van der Waals surface area contributed by atoms with E-state index in [9.17, 15) is 4.79 Å². The number of hydrogen-bond acceptors (Lipinski definition) is 3. The van der Waals surface area contributed by atoms with Gasteiger partial charge >= 0.3 is 0 Å². The predicted molar refractivity (Wildman–Crippen MR) is 74.3 cm³/mol. The van der Waals surface area contributed by atoms with Crippen LogP contribution in [0, 0.1) is 11.3 Å². The second-order valence-electron chi connectivity index (χ2n) is 3.79. The van der Waals surface area contributed by atoms with E-state index in [1.54, 1.807) is 18.2 Å². The molecular weight excluding hydrogens is 306 g/mol. The molecule has 2 rings (SSSR count). The monoisotopic (exact) mass is 315 g/mol. The van der Waals surface area contributed by atoms with E-state index in [1.165, 1.54) is 0 Å². The fraction of sp³-hybridized carbons (Fsp3) is 0.0714. The first-order valence-electron chi connectivity index (χ1n) is 5.59. The molecule has 0 atom stereocenters. The minimum absolute atomic E-state index is 0.230. The number of nitriles is 1. The molecule has 0 bridgehead atoms. The Bertz CT molecular complexity index is 649. The Morgan fingerprint density at radius 1 is 1.26 bits per heavy atom. The molecule has 1 aromatic heterocycles. The maximum atomic E-state index is 11.9. The average molecular weight is 316 g/mol. The number of nitrogens with one attached hydrogen (secondary N) is 1. The summed E-state index contributed by atoms with van der Waals surface area (Å²) in [6.45, 7) is 0.402. The number of aromatic nitrogens is 1. The minimum atomic E-state index is -0.298. The van der Waals surface area contributed by atoms with Gasteiger partial charge in [-0.1, -0.05) is 40.2 Å². The molecule has 1 N–H and O–H groups in total. The van der Waals surface area contributed by atoms with Crippen LogP contribution < -0.4 is 5.32 Å². The molecule has 19 heavy (non-hydrogen) atoms. The lowest BCUT2D eigenvalue weighted by Gasteiger charge is -2.06. The van der Waals surface area contributed by atoms with Crippen molar-refractivity contribution in [3.05, 3.63) is 63.9 Å². The van der Waals surface area contributed by atoms with Crippen LogP contribution in [0.15, 0.2) is 46.9 Å². The zero-order valence-electron chi connectivity index (χ0n) is 9.93. The van der Waals surface area contributed by atoms with E-state index in [0.717, 1.165) is 10.0 Å². The quantitative estimate of drug-likeness (QED) is 0.946. The first-order chi connectivity index (χ1) is 9.20. The lowest BCUT2D eigenvalue weighted by Crippen LogP contribution is -2.24. The molecular formula is C14H10BrN3O. The Hall–Kier alpha value is -2.19. The van der Waals surface area contributed by atoms with E-state index in [4.69, 9.17) is 5.26 Å². The molecule has 1 heterocycles. The molecule has 0 aliphatic heterocycles. The van der Waals surface area contributed by atoms with Crippen LogP contribution in [0.4, 0.5) is 0 Å². The number of pyridine rings is 1. The number of rotatable bonds is 3. The third-order valence-corrected chi connectivity index (χ3v) is 3.27. The van der Waals surface area contributed by atoms with Crippen LogP contribution in [-0.4, -0.2) is 10.9 Å². The molecule has 5 heteroatoms. The van der Waals surface area contributed by atoms with Gasteiger partial charge in [0.25, 0.3) is 5.91 Å². The van der Waals surface area contributed by atoms with Crippen LogP contribution in [0.2, 0.25) is 0 Å². The highest BCUT2D eigenvalue weighted by Gasteiger charge is 2.08. The average Bonchev–Trinajstić information content (AvgIpc) is 2.46. The summed E-state index contributed by atoms with van der Waals surface area (Å²) in [5, 5.41) is 11.5. The Morgan fingerprint density at radius 2 is 2.05 bits per heavy atom. The van der Waals surface area contributed by atoms with E-state index in [1.807, 2.05) is 30.3 Å². The van der Waals surface area contributed by atoms with Crippen molar-refractivity contribution in [1.29, 1.82) is 5.26 Å². The fourth-order valence-electron chi connectivity index (χ4n) is 1.53. The molecule has 0 spiro atoms. The number of benzene rings is 1. The molecule has 0 unspecified atom stereocenters. The van der Waals surface area contributed by atoms with Crippen molar-refractivity contribution in [2.75, 3.05) is 0 Å². The largest absolute Gasteiger partial charge is 0.347 e. The highest BCUT2D eigenvalue weighted by molar-refractivity contribution is 9.10. The highest BCUT2D eigenvalue weighted by atomic mass is 79.9. The van der Waals surface area contributed by atoms with Gasteiger partial charge in [0, 0.05) is 11.0 Å². The van der Waals surface area contributed by atoms with Crippen molar-refractivity contribution in [3.63, 3.8) is 0 Å². The van der Waals surface area contributed by atoms with Gasteiger partial charge in [0.05, 0.1) is 0 Å². The zero-order valence-corrected chi connectivity index (χ0v) is 11.5. The van der Waals surface area contributed by atoms with Gasteiger partial charge in [0.1, 0.15) is 17.5 Å². The van der Waals surface area contributed by atoms with Crippen molar-refractivity contribution < 1.29 is 4.79 Å². The van der Waals surface area contributed by atoms with Crippen molar-refractivity contribution in [2.45, 2.75) is 6.54 Å². The Labute approximate surface area is 119 Å². The Morgan fingerprint density at radius 3 is 2.79 bits per heavy atom. The van der Waals surface area contributed by atoms with Gasteiger partial charge in [-0.25, -0.2) is 4.98 Å². The second-order valence-corrected chi connectivity index (χ2v) is 4.65. The van der Waals surface area contributed by atoms with Crippen LogP contribution in [0.25, 0.3) is 0 Å². The molecule has 0 radical (unpaired) electrons. The fourth-order valence-corrected chi connectivity index (χ4v) is 1.96. The number of carbonyl (C=O) groups is 1. The molecule has 94 valence electrons. The van der Waals surface area contributed by atoms with Crippen LogP contribution in [0.1, 0.15) is 21.7 Å². The molecule has 0 fully saturated rings. The van der Waals surface area contributed by atoms with Crippen LogP contribution in [0.5, 0.6) is 0 Å². The van der Waals surface area contributed by atoms with Crippen molar-refractivity contribution >= 4 is 21.8 Å². The van der Waals surface area contributed by atoms with Crippen molar-refractivity contribution in [1.82, 2.24) is 10.3 Å². The Kier molecular flexibility index (Phi) is 4.26. The first kappa shape index (κ1) is 13.2. The zero-order chi connectivity index (χ0) is 13.7. The van der Waals surface area contributed by atoms with Gasteiger partial charge < -0.3 is 5.32 Å². The van der Waals surface area contributed by atoms with Crippen LogP contribution in [0.3, 0.4) is 0 Å². The number of hydrogen-bond donors (Lipinski definition) is 1. The first-order valence-corrected chi connectivity index (χ1v) is 6.39. The number of amides is 1. The molecule has 0 aliphatic carbocycles. The van der Waals surface area contributed by atoms with Crippen LogP contribution in [-0.2, 0) is 6.54 Å². The van der Waals surface area contributed by atoms with Gasteiger partial charge in [-0.3, -0.25) is 4.79 Å². The van der Waals surface area contributed by atoms with E-state index in [2.05, 4.69) is 26.2 Å². The number of halogens is 1. The normalized spacial score (nSPS) is 9.68. The smallest absolute Gasteiger partial charge is 0.270 e. The third-order valence-electron chi connectivity index (χ3n) is 2.49. The van der Waals surface area contributed by atoms with Gasteiger partial charge in [0.15, 0.2) is 0 Å². The summed E-state index contributed by atoms with van der Waals surface area (Å²) in [5.41, 5.74) is 1.45. The predicted octanol–water partition coefficient (Wildman–Crippen LogP) is 2.65. The summed E-state index contributed by atoms with van der Waals surface area (Å²) in [4.78, 5) is 15.8. The molecule has 0 saturated carbocycles. The third kappa shape index (κ3) is 3.39. The number of nitrogens with zero attached hydrogens (tertiary/aromatic N) is 2. The molecule has 1 amide bonds. The van der Waals surface area contributed by atoms with E-state index < -0.39 is 0 Å². The lowest BCUT2D eigenvalue weighted by molar-refractivity contribution is 0.0946. The standard InChI is InChI=1S/C14H10BrN3O/c15-12-6-2-1-4-10(12)9-17-14(19)13-7-3-5-11(8-16)18-13/h1-7H,9H2,(H,17,19). The number of carbonyl (C=O) groups excluding carboxylic acids is 1. The summed E-state index contributed by atoms with van der Waals surface area (Å²) in [6.07, 6.45) is 0. The minimum Gasteiger partial charge on any atom is -0.347 e. The maximum absolute atomic E-state index is 11.9. The SMILES string of the molecule is N#Cc1cccc(C(=O)NCc2ccccc2Br)n1. The molecule has 0 saturated heterocycles.